The Bertz CT molecular complexity index is 247. The minimum absolute atomic E-state index is 0.525. The van der Waals surface area contributed by atoms with E-state index in [0.717, 1.165) is 12.3 Å². The van der Waals surface area contributed by atoms with Crippen LogP contribution in [0, 0.1) is 5.92 Å². The average molecular weight is 209 g/mol. The molecule has 0 amide bonds. The maximum absolute atomic E-state index is 5.21. The average Bonchev–Trinajstić information content (AvgIpc) is 2.68. The number of hydrogen-bond donors (Lipinski definition) is 1. The molecule has 2 heteroatoms. The Hall–Kier alpha value is -0.760. The molecule has 0 spiro atoms. The summed E-state index contributed by atoms with van der Waals surface area (Å²) in [6.07, 6.45) is 7.00. The summed E-state index contributed by atoms with van der Waals surface area (Å²) < 4.78 is 5.21. The molecular weight excluding hydrogens is 186 g/mol. The van der Waals surface area contributed by atoms with E-state index in [1.807, 2.05) is 6.92 Å². The summed E-state index contributed by atoms with van der Waals surface area (Å²) in [7, 11) is 1.72. The lowest BCUT2D eigenvalue weighted by Gasteiger charge is -2.14. The molecule has 1 aliphatic rings. The van der Waals surface area contributed by atoms with Gasteiger partial charge in [-0.25, -0.2) is 0 Å². The van der Waals surface area contributed by atoms with Crippen LogP contribution < -0.4 is 5.32 Å². The number of nitrogens with one attached hydrogen (secondary N) is 1. The van der Waals surface area contributed by atoms with Gasteiger partial charge in [0.15, 0.2) is 0 Å². The first-order valence-electron chi connectivity index (χ1n) is 5.81. The molecule has 0 aliphatic carbocycles. The molecule has 2 nitrogen and oxygen atoms in total. The summed E-state index contributed by atoms with van der Waals surface area (Å²) >= 11 is 0. The van der Waals surface area contributed by atoms with Crippen molar-refractivity contribution in [1.82, 2.24) is 5.32 Å². The summed E-state index contributed by atoms with van der Waals surface area (Å²) in [5.74, 6) is 1.57. The molecule has 0 unspecified atom stereocenters. The molecule has 1 fully saturated rings. The van der Waals surface area contributed by atoms with Crippen LogP contribution in [-0.2, 0) is 4.74 Å². The van der Waals surface area contributed by atoms with Gasteiger partial charge in [0.2, 0.25) is 0 Å². The SMILES string of the molecule is CO/C(C)=C/C(=C\C(C)C)[C@@H]1CCCN1. The molecule has 0 saturated carbocycles. The van der Waals surface area contributed by atoms with Crippen molar-refractivity contribution in [3.63, 3.8) is 0 Å². The second kappa shape index (κ2) is 5.96. The van der Waals surface area contributed by atoms with E-state index in [9.17, 15) is 0 Å². The number of hydrogen-bond acceptors (Lipinski definition) is 2. The molecular formula is C13H23NO. The predicted molar refractivity (Wildman–Crippen MR) is 64.7 cm³/mol. The van der Waals surface area contributed by atoms with Crippen molar-refractivity contribution in [2.24, 2.45) is 5.92 Å². The van der Waals surface area contributed by atoms with Crippen LogP contribution in [0.5, 0.6) is 0 Å². The van der Waals surface area contributed by atoms with Crippen LogP contribution in [-0.4, -0.2) is 19.7 Å². The van der Waals surface area contributed by atoms with Crippen LogP contribution >= 0.6 is 0 Å². The van der Waals surface area contributed by atoms with E-state index in [1.54, 1.807) is 7.11 Å². The van der Waals surface area contributed by atoms with Gasteiger partial charge in [0.05, 0.1) is 12.9 Å². The molecule has 1 atom stereocenters. The van der Waals surface area contributed by atoms with Gasteiger partial charge in [-0.05, 0) is 43.9 Å². The minimum Gasteiger partial charge on any atom is -0.501 e. The normalized spacial score (nSPS) is 23.7. The van der Waals surface area contributed by atoms with Gasteiger partial charge < -0.3 is 10.1 Å². The fourth-order valence-electron chi connectivity index (χ4n) is 1.91. The summed E-state index contributed by atoms with van der Waals surface area (Å²) in [5.41, 5.74) is 1.38. The Morgan fingerprint density at radius 1 is 1.47 bits per heavy atom. The monoisotopic (exact) mass is 209 g/mol. The van der Waals surface area contributed by atoms with Crippen LogP contribution in [0.4, 0.5) is 0 Å². The summed E-state index contributed by atoms with van der Waals surface area (Å²) in [6, 6.07) is 0.525. The molecule has 1 N–H and O–H groups in total. The summed E-state index contributed by atoms with van der Waals surface area (Å²) in [5, 5.41) is 3.52. The quantitative estimate of drug-likeness (QED) is 0.568. The van der Waals surface area contributed by atoms with E-state index in [0.29, 0.717) is 12.0 Å². The van der Waals surface area contributed by atoms with E-state index >= 15 is 0 Å². The maximum Gasteiger partial charge on any atom is 0.0927 e. The Balaban J connectivity index is 2.77. The summed E-state index contributed by atoms with van der Waals surface area (Å²) in [4.78, 5) is 0. The van der Waals surface area contributed by atoms with Crippen molar-refractivity contribution in [3.8, 4) is 0 Å². The van der Waals surface area contributed by atoms with Gasteiger partial charge in [-0.2, -0.15) is 0 Å². The van der Waals surface area contributed by atoms with Crippen LogP contribution in [0.1, 0.15) is 33.6 Å². The highest BCUT2D eigenvalue weighted by atomic mass is 16.5. The number of allylic oxidation sites excluding steroid dienone is 2. The second-order valence-electron chi connectivity index (χ2n) is 4.52. The molecule has 0 bridgehead atoms. The number of rotatable bonds is 4. The molecule has 15 heavy (non-hydrogen) atoms. The zero-order valence-electron chi connectivity index (χ0n) is 10.3. The maximum atomic E-state index is 5.21. The lowest BCUT2D eigenvalue weighted by atomic mass is 10.0. The zero-order chi connectivity index (χ0) is 11.3. The molecule has 0 radical (unpaired) electrons. The number of ether oxygens (including phenoxy) is 1. The first kappa shape index (κ1) is 12.3. The van der Waals surface area contributed by atoms with Gasteiger partial charge in [0.1, 0.15) is 0 Å². The molecule has 86 valence electrons. The zero-order valence-corrected chi connectivity index (χ0v) is 10.3. The van der Waals surface area contributed by atoms with Crippen molar-refractivity contribution >= 4 is 0 Å². The van der Waals surface area contributed by atoms with Crippen molar-refractivity contribution in [2.45, 2.75) is 39.7 Å². The Morgan fingerprint density at radius 3 is 2.67 bits per heavy atom. The molecule has 1 saturated heterocycles. The third kappa shape index (κ3) is 4.08. The third-order valence-corrected chi connectivity index (χ3v) is 2.68. The van der Waals surface area contributed by atoms with Gasteiger partial charge >= 0.3 is 0 Å². The highest BCUT2D eigenvalue weighted by Gasteiger charge is 2.17. The topological polar surface area (TPSA) is 21.3 Å². The van der Waals surface area contributed by atoms with Crippen LogP contribution in [0.3, 0.4) is 0 Å². The van der Waals surface area contributed by atoms with Gasteiger partial charge in [0.25, 0.3) is 0 Å². The van der Waals surface area contributed by atoms with Gasteiger partial charge in [0, 0.05) is 6.04 Å². The largest absolute Gasteiger partial charge is 0.501 e. The van der Waals surface area contributed by atoms with Crippen LogP contribution in [0.2, 0.25) is 0 Å². The Morgan fingerprint density at radius 2 is 2.20 bits per heavy atom. The summed E-state index contributed by atoms with van der Waals surface area (Å²) in [6.45, 7) is 7.57. The highest BCUT2D eigenvalue weighted by Crippen LogP contribution is 2.19. The number of methoxy groups -OCH3 is 1. The van der Waals surface area contributed by atoms with E-state index < -0.39 is 0 Å². The molecule has 0 aromatic rings. The molecule has 1 heterocycles. The highest BCUT2D eigenvalue weighted by molar-refractivity contribution is 5.27. The molecule has 1 rings (SSSR count). The first-order chi connectivity index (χ1) is 7.13. The van der Waals surface area contributed by atoms with Crippen molar-refractivity contribution in [2.75, 3.05) is 13.7 Å². The minimum atomic E-state index is 0.525. The van der Waals surface area contributed by atoms with Gasteiger partial charge in [-0.1, -0.05) is 19.9 Å². The van der Waals surface area contributed by atoms with E-state index in [2.05, 4.69) is 31.3 Å². The van der Waals surface area contributed by atoms with Crippen molar-refractivity contribution in [3.05, 3.63) is 23.5 Å². The van der Waals surface area contributed by atoms with Crippen LogP contribution in [0.25, 0.3) is 0 Å². The Kier molecular flexibility index (Phi) is 4.89. The fourth-order valence-corrected chi connectivity index (χ4v) is 1.91. The van der Waals surface area contributed by atoms with E-state index in [4.69, 9.17) is 4.74 Å². The lowest BCUT2D eigenvalue weighted by molar-refractivity contribution is 0.293. The van der Waals surface area contributed by atoms with Crippen LogP contribution in [0.15, 0.2) is 23.5 Å². The third-order valence-electron chi connectivity index (χ3n) is 2.68. The van der Waals surface area contributed by atoms with Crippen molar-refractivity contribution in [1.29, 1.82) is 0 Å². The van der Waals surface area contributed by atoms with E-state index in [-0.39, 0.29) is 0 Å². The van der Waals surface area contributed by atoms with E-state index in [1.165, 1.54) is 18.4 Å². The lowest BCUT2D eigenvalue weighted by Crippen LogP contribution is -2.23. The molecule has 0 aromatic carbocycles. The smallest absolute Gasteiger partial charge is 0.0927 e. The first-order valence-corrected chi connectivity index (χ1v) is 5.81. The van der Waals surface area contributed by atoms with Gasteiger partial charge in [-0.3, -0.25) is 0 Å². The Labute approximate surface area is 93.4 Å². The molecule has 1 aliphatic heterocycles. The van der Waals surface area contributed by atoms with Gasteiger partial charge in [-0.15, -0.1) is 0 Å². The standard InChI is InChI=1S/C13H23NO/c1-10(2)8-12(9-11(3)15-4)13-6-5-7-14-13/h8-10,13-14H,5-7H2,1-4H3/b11-9+,12-8+/t13-/m0/s1. The fraction of sp³-hybridized carbons (Fsp3) is 0.692. The molecule has 0 aromatic heterocycles. The second-order valence-corrected chi connectivity index (χ2v) is 4.52. The van der Waals surface area contributed by atoms with Crippen molar-refractivity contribution < 1.29 is 4.74 Å². The predicted octanol–water partition coefficient (Wildman–Crippen LogP) is 2.87.